The first-order valence-corrected chi connectivity index (χ1v) is 9.15. The Hall–Kier alpha value is -1.08. The first kappa shape index (κ1) is 16.3. The van der Waals surface area contributed by atoms with Crippen LogP contribution in [0.3, 0.4) is 0 Å². The zero-order valence-corrected chi connectivity index (χ0v) is 14.4. The Morgan fingerprint density at radius 2 is 2.14 bits per heavy atom. The third kappa shape index (κ3) is 3.77. The molecule has 1 aromatic heterocycles. The van der Waals surface area contributed by atoms with Crippen molar-refractivity contribution >= 4 is 39.7 Å². The molecule has 1 saturated heterocycles. The van der Waals surface area contributed by atoms with Gasteiger partial charge in [0.25, 0.3) is 5.91 Å². The minimum absolute atomic E-state index is 0.0274. The standard InChI is InChI=1S/C14H23N3O2S2/c1-9(2)19-11-10(15)12(13(18)16-3)21-14(11)17-5-4-7-20-8-6-17/h9H,4-8,15H2,1-3H3,(H,16,18). The average molecular weight is 329 g/mol. The van der Waals surface area contributed by atoms with Gasteiger partial charge in [0.05, 0.1) is 6.10 Å². The van der Waals surface area contributed by atoms with Crippen LogP contribution in [0, 0.1) is 0 Å². The molecule has 2 heterocycles. The van der Waals surface area contributed by atoms with Crippen molar-refractivity contribution in [2.24, 2.45) is 0 Å². The highest BCUT2D eigenvalue weighted by atomic mass is 32.2. The molecule has 21 heavy (non-hydrogen) atoms. The largest absolute Gasteiger partial charge is 0.486 e. The van der Waals surface area contributed by atoms with Crippen molar-refractivity contribution in [2.75, 3.05) is 42.3 Å². The fourth-order valence-electron chi connectivity index (χ4n) is 2.21. The van der Waals surface area contributed by atoms with Gasteiger partial charge in [-0.3, -0.25) is 4.79 Å². The molecule has 0 bridgehead atoms. The third-order valence-corrected chi connectivity index (χ3v) is 5.47. The predicted molar refractivity (Wildman–Crippen MR) is 92.0 cm³/mol. The van der Waals surface area contributed by atoms with Crippen LogP contribution in [0.2, 0.25) is 0 Å². The van der Waals surface area contributed by atoms with Crippen molar-refractivity contribution in [3.63, 3.8) is 0 Å². The van der Waals surface area contributed by atoms with Crippen molar-refractivity contribution in [3.05, 3.63) is 4.88 Å². The van der Waals surface area contributed by atoms with Crippen molar-refractivity contribution < 1.29 is 9.53 Å². The Labute approximate surface area is 134 Å². The van der Waals surface area contributed by atoms with Crippen molar-refractivity contribution in [1.29, 1.82) is 0 Å². The fourth-order valence-corrected chi connectivity index (χ4v) is 4.25. The number of nitrogens with one attached hydrogen (secondary N) is 1. The molecule has 5 nitrogen and oxygen atoms in total. The van der Waals surface area contributed by atoms with Gasteiger partial charge < -0.3 is 20.7 Å². The third-order valence-electron chi connectivity index (χ3n) is 3.18. The molecular weight excluding hydrogens is 306 g/mol. The second-order valence-electron chi connectivity index (χ2n) is 5.18. The maximum Gasteiger partial charge on any atom is 0.263 e. The van der Waals surface area contributed by atoms with E-state index < -0.39 is 0 Å². The van der Waals surface area contributed by atoms with Crippen LogP contribution in [0.15, 0.2) is 0 Å². The van der Waals surface area contributed by atoms with Gasteiger partial charge in [0.2, 0.25) is 0 Å². The Morgan fingerprint density at radius 3 is 2.81 bits per heavy atom. The van der Waals surface area contributed by atoms with Crippen LogP contribution in [0.5, 0.6) is 5.75 Å². The molecule has 1 amide bonds. The normalized spacial score (nSPS) is 15.9. The SMILES string of the molecule is CNC(=O)c1sc(N2CCCSCC2)c(OC(C)C)c1N. The number of nitrogens with two attached hydrogens (primary N) is 1. The lowest BCUT2D eigenvalue weighted by atomic mass is 10.3. The number of thiophene rings is 1. The Morgan fingerprint density at radius 1 is 1.38 bits per heavy atom. The second-order valence-corrected chi connectivity index (χ2v) is 7.40. The molecule has 0 aliphatic carbocycles. The van der Waals surface area contributed by atoms with Gasteiger partial charge in [-0.05, 0) is 26.0 Å². The van der Waals surface area contributed by atoms with Crippen LogP contribution >= 0.6 is 23.1 Å². The number of anilines is 2. The Bertz CT molecular complexity index is 495. The van der Waals surface area contributed by atoms with E-state index in [1.54, 1.807) is 7.05 Å². The summed E-state index contributed by atoms with van der Waals surface area (Å²) in [5.41, 5.74) is 6.63. The van der Waals surface area contributed by atoms with Crippen molar-refractivity contribution in [2.45, 2.75) is 26.4 Å². The van der Waals surface area contributed by atoms with Gasteiger partial charge in [-0.25, -0.2) is 0 Å². The van der Waals surface area contributed by atoms with E-state index in [4.69, 9.17) is 10.5 Å². The van der Waals surface area contributed by atoms with E-state index >= 15 is 0 Å². The molecule has 0 unspecified atom stereocenters. The Balaban J connectivity index is 2.38. The minimum atomic E-state index is -0.151. The van der Waals surface area contributed by atoms with Crippen LogP contribution in [0.1, 0.15) is 29.9 Å². The maximum atomic E-state index is 12.0. The first-order chi connectivity index (χ1) is 10.0. The number of rotatable bonds is 4. The number of nitrogens with zero attached hydrogens (tertiary/aromatic N) is 1. The molecule has 1 aromatic rings. The summed E-state index contributed by atoms with van der Waals surface area (Å²) in [5, 5.41) is 3.63. The lowest BCUT2D eigenvalue weighted by molar-refractivity contribution is 0.0967. The Kier molecular flexibility index (Phi) is 5.64. The molecule has 7 heteroatoms. The van der Waals surface area contributed by atoms with Crippen LogP contribution in [0.25, 0.3) is 0 Å². The van der Waals surface area contributed by atoms with Gasteiger partial charge in [0, 0.05) is 25.9 Å². The molecule has 118 valence electrons. The number of ether oxygens (including phenoxy) is 1. The van der Waals surface area contributed by atoms with E-state index in [1.807, 2.05) is 25.6 Å². The molecule has 3 N–H and O–H groups in total. The van der Waals surface area contributed by atoms with Crippen LogP contribution in [-0.2, 0) is 0 Å². The van der Waals surface area contributed by atoms with Crippen molar-refractivity contribution in [3.8, 4) is 5.75 Å². The van der Waals surface area contributed by atoms with Gasteiger partial charge in [0.1, 0.15) is 15.6 Å². The molecule has 2 rings (SSSR count). The van der Waals surface area contributed by atoms with Gasteiger partial charge in [0.15, 0.2) is 5.75 Å². The van der Waals surface area contributed by atoms with E-state index in [0.717, 1.165) is 30.3 Å². The second kappa shape index (κ2) is 7.26. The lowest BCUT2D eigenvalue weighted by Gasteiger charge is -2.22. The number of nitrogen functional groups attached to an aromatic ring is 1. The highest BCUT2D eigenvalue weighted by Gasteiger charge is 2.26. The maximum absolute atomic E-state index is 12.0. The number of carbonyl (C=O) groups excluding carboxylic acids is 1. The number of amides is 1. The lowest BCUT2D eigenvalue weighted by Crippen LogP contribution is -2.25. The van der Waals surface area contributed by atoms with Gasteiger partial charge >= 0.3 is 0 Å². The number of carbonyl (C=O) groups is 1. The molecule has 0 aromatic carbocycles. The van der Waals surface area contributed by atoms with E-state index in [9.17, 15) is 4.79 Å². The molecule has 1 aliphatic heterocycles. The molecule has 1 aliphatic rings. The molecule has 1 fully saturated rings. The first-order valence-electron chi connectivity index (χ1n) is 7.18. The topological polar surface area (TPSA) is 67.6 Å². The summed E-state index contributed by atoms with van der Waals surface area (Å²) in [6.07, 6.45) is 1.17. The van der Waals surface area contributed by atoms with Gasteiger partial charge in [-0.1, -0.05) is 0 Å². The molecule has 0 spiro atoms. The molecule has 0 atom stereocenters. The summed E-state index contributed by atoms with van der Waals surface area (Å²) in [4.78, 5) is 14.8. The van der Waals surface area contributed by atoms with Crippen molar-refractivity contribution in [1.82, 2.24) is 5.32 Å². The summed E-state index contributed by atoms with van der Waals surface area (Å²) in [5.74, 6) is 2.79. The quantitative estimate of drug-likeness (QED) is 0.888. The summed E-state index contributed by atoms with van der Waals surface area (Å²) < 4.78 is 5.90. The highest BCUT2D eigenvalue weighted by molar-refractivity contribution is 7.99. The van der Waals surface area contributed by atoms with E-state index in [0.29, 0.717) is 16.3 Å². The fraction of sp³-hybridized carbons (Fsp3) is 0.643. The average Bonchev–Trinajstić information content (AvgIpc) is 2.67. The summed E-state index contributed by atoms with van der Waals surface area (Å²) in [7, 11) is 1.62. The summed E-state index contributed by atoms with van der Waals surface area (Å²) in [6, 6.07) is 0. The van der Waals surface area contributed by atoms with Crippen LogP contribution < -0.4 is 20.7 Å². The van der Waals surface area contributed by atoms with E-state index in [2.05, 4.69) is 10.2 Å². The monoisotopic (exact) mass is 329 g/mol. The minimum Gasteiger partial charge on any atom is -0.486 e. The highest BCUT2D eigenvalue weighted by Crippen LogP contribution is 2.45. The molecule has 0 saturated carbocycles. The van der Waals surface area contributed by atoms with Gasteiger partial charge in [-0.15, -0.1) is 11.3 Å². The smallest absolute Gasteiger partial charge is 0.263 e. The van der Waals surface area contributed by atoms with Crippen LogP contribution in [0.4, 0.5) is 10.7 Å². The zero-order chi connectivity index (χ0) is 15.4. The number of thioether (sulfide) groups is 1. The molecular formula is C14H23N3O2S2. The summed E-state index contributed by atoms with van der Waals surface area (Å²) >= 11 is 3.40. The van der Waals surface area contributed by atoms with E-state index in [1.165, 1.54) is 17.1 Å². The van der Waals surface area contributed by atoms with Crippen LogP contribution in [-0.4, -0.2) is 43.7 Å². The predicted octanol–water partition coefficient (Wildman–Crippen LogP) is 2.42. The van der Waals surface area contributed by atoms with Gasteiger partial charge in [-0.2, -0.15) is 11.8 Å². The number of hydrogen-bond acceptors (Lipinski definition) is 6. The van der Waals surface area contributed by atoms with E-state index in [-0.39, 0.29) is 12.0 Å². The number of hydrogen-bond donors (Lipinski definition) is 2. The summed E-state index contributed by atoms with van der Waals surface area (Å²) in [6.45, 7) is 5.89. The zero-order valence-electron chi connectivity index (χ0n) is 12.8. The molecule has 0 radical (unpaired) electrons.